The van der Waals surface area contributed by atoms with Crippen molar-refractivity contribution < 1.29 is 18.9 Å². The van der Waals surface area contributed by atoms with Crippen molar-refractivity contribution in [3.63, 3.8) is 0 Å². The lowest BCUT2D eigenvalue weighted by molar-refractivity contribution is 0.132. The van der Waals surface area contributed by atoms with E-state index in [2.05, 4.69) is 38.6 Å². The summed E-state index contributed by atoms with van der Waals surface area (Å²) in [6.07, 6.45) is 6.89. The Morgan fingerprint density at radius 3 is 2.33 bits per heavy atom. The van der Waals surface area contributed by atoms with Crippen molar-refractivity contribution in [2.45, 2.75) is 31.6 Å². The molecule has 0 unspecified atom stereocenters. The van der Waals surface area contributed by atoms with Crippen molar-refractivity contribution in [1.82, 2.24) is 9.97 Å². The van der Waals surface area contributed by atoms with Crippen LogP contribution in [0.25, 0.3) is 11.3 Å². The molecule has 0 radical (unpaired) electrons. The van der Waals surface area contributed by atoms with Gasteiger partial charge in [0, 0.05) is 25.7 Å². The van der Waals surface area contributed by atoms with Crippen LogP contribution in [0.15, 0.2) is 18.3 Å². The smallest absolute Gasteiger partial charge is 0.175 e. The molecule has 1 aliphatic carbocycles. The second-order valence-corrected chi connectivity index (χ2v) is 7.76. The number of halogens is 1. The van der Waals surface area contributed by atoms with E-state index in [0.717, 1.165) is 32.2 Å². The minimum absolute atomic E-state index is 0.452. The van der Waals surface area contributed by atoms with Gasteiger partial charge in [0.2, 0.25) is 0 Å². The lowest BCUT2D eigenvalue weighted by atomic mass is 10.1. The van der Waals surface area contributed by atoms with Crippen LogP contribution in [-0.4, -0.2) is 50.6 Å². The maximum Gasteiger partial charge on any atom is 0.175 e. The third-order valence-electron chi connectivity index (χ3n) is 4.76. The zero-order valence-corrected chi connectivity index (χ0v) is 18.1. The monoisotopic (exact) mass is 486 g/mol. The van der Waals surface area contributed by atoms with Gasteiger partial charge in [-0.2, -0.15) is 0 Å². The second-order valence-electron chi connectivity index (χ2n) is 6.60. The van der Waals surface area contributed by atoms with Crippen LogP contribution in [0.1, 0.15) is 37.4 Å². The van der Waals surface area contributed by atoms with Crippen LogP contribution >= 0.6 is 22.6 Å². The molecule has 27 heavy (non-hydrogen) atoms. The predicted octanol–water partition coefficient (Wildman–Crippen LogP) is 4.39. The summed E-state index contributed by atoms with van der Waals surface area (Å²) in [5, 5.41) is 0. The van der Waals surface area contributed by atoms with E-state index < -0.39 is 0 Å². The van der Waals surface area contributed by atoms with Gasteiger partial charge >= 0.3 is 0 Å². The molecule has 3 rings (SSSR count). The van der Waals surface area contributed by atoms with E-state index in [1.54, 1.807) is 14.2 Å². The first-order valence-corrected chi connectivity index (χ1v) is 10.4. The van der Waals surface area contributed by atoms with E-state index in [1.807, 2.05) is 12.3 Å². The van der Waals surface area contributed by atoms with Crippen LogP contribution in [0.3, 0.4) is 0 Å². The van der Waals surface area contributed by atoms with Crippen LogP contribution in [0, 0.1) is 3.57 Å². The fraction of sp³-hybridized carbons (Fsp3) is 0.550. The lowest BCUT2D eigenvalue weighted by Gasteiger charge is -2.17. The second kappa shape index (κ2) is 10.3. The molecule has 6 nitrogen and oxygen atoms in total. The maximum atomic E-state index is 6.07. The van der Waals surface area contributed by atoms with Gasteiger partial charge in [0.25, 0.3) is 0 Å². The van der Waals surface area contributed by atoms with Crippen molar-refractivity contribution in [2.24, 2.45) is 0 Å². The summed E-state index contributed by atoms with van der Waals surface area (Å²) in [5.41, 5.74) is 1.91. The molecule has 0 saturated heterocycles. The first-order chi connectivity index (χ1) is 13.2. The van der Waals surface area contributed by atoms with E-state index in [4.69, 9.17) is 18.9 Å². The van der Waals surface area contributed by atoms with Crippen LogP contribution < -0.4 is 9.47 Å². The Balaban J connectivity index is 1.91. The molecule has 1 aromatic heterocycles. The zero-order chi connectivity index (χ0) is 19.1. The number of methoxy groups -OCH3 is 2. The number of benzene rings is 1. The first-order valence-electron chi connectivity index (χ1n) is 9.35. The number of nitrogens with zero attached hydrogens (tertiary/aromatic N) is 1. The molecule has 0 bridgehead atoms. The van der Waals surface area contributed by atoms with Gasteiger partial charge in [-0.15, -0.1) is 0 Å². The molecule has 0 spiro atoms. The minimum Gasteiger partial charge on any atom is -0.487 e. The highest BCUT2D eigenvalue weighted by Crippen LogP contribution is 2.42. The highest BCUT2D eigenvalue weighted by molar-refractivity contribution is 14.1. The molecule has 0 amide bonds. The average Bonchev–Trinajstić information content (AvgIpc) is 3.35. The number of hydrogen-bond acceptors (Lipinski definition) is 5. The Bertz CT molecular complexity index is 729. The fourth-order valence-corrected chi connectivity index (χ4v) is 3.94. The normalized spacial score (nSPS) is 14.6. The third kappa shape index (κ3) is 5.14. The predicted molar refractivity (Wildman–Crippen MR) is 113 cm³/mol. The molecule has 0 atom stereocenters. The maximum absolute atomic E-state index is 6.07. The highest BCUT2D eigenvalue weighted by Gasteiger charge is 2.22. The van der Waals surface area contributed by atoms with E-state index >= 15 is 0 Å². The Labute approximate surface area is 174 Å². The number of rotatable bonds is 10. The zero-order valence-electron chi connectivity index (χ0n) is 15.9. The number of ether oxygens (including phenoxy) is 4. The summed E-state index contributed by atoms with van der Waals surface area (Å²) >= 11 is 2.27. The van der Waals surface area contributed by atoms with Gasteiger partial charge in [0.05, 0.1) is 28.7 Å². The molecule has 1 saturated carbocycles. The standard InChI is InChI=1S/C20H27IN2O4/c1-24-9-11-26-18-15(7-8-16(21)19(18)27-12-10-25-2)17-13-22-20(23-17)14-5-3-4-6-14/h7-8,13-14H,3-6,9-12H2,1-2H3,(H,22,23). The van der Waals surface area contributed by atoms with Gasteiger partial charge in [-0.1, -0.05) is 12.8 Å². The van der Waals surface area contributed by atoms with Crippen LogP contribution in [0.4, 0.5) is 0 Å². The van der Waals surface area contributed by atoms with Gasteiger partial charge in [0.1, 0.15) is 19.0 Å². The summed E-state index contributed by atoms with van der Waals surface area (Å²) in [6.45, 7) is 1.95. The summed E-state index contributed by atoms with van der Waals surface area (Å²) in [4.78, 5) is 8.15. The van der Waals surface area contributed by atoms with Gasteiger partial charge in [-0.25, -0.2) is 4.98 Å². The minimum atomic E-state index is 0.452. The Hall–Kier alpha value is -1.32. The van der Waals surface area contributed by atoms with Crippen LogP contribution in [-0.2, 0) is 9.47 Å². The molecule has 1 fully saturated rings. The highest BCUT2D eigenvalue weighted by atomic mass is 127. The van der Waals surface area contributed by atoms with Gasteiger partial charge < -0.3 is 23.9 Å². The van der Waals surface area contributed by atoms with Crippen LogP contribution in [0.5, 0.6) is 11.5 Å². The van der Waals surface area contributed by atoms with E-state index in [9.17, 15) is 0 Å². The molecular formula is C20H27IN2O4. The quantitative estimate of drug-likeness (QED) is 0.399. The first kappa shape index (κ1) is 20.4. The van der Waals surface area contributed by atoms with Crippen molar-refractivity contribution in [3.05, 3.63) is 27.7 Å². The molecule has 7 heteroatoms. The largest absolute Gasteiger partial charge is 0.487 e. The van der Waals surface area contributed by atoms with Crippen molar-refractivity contribution >= 4 is 22.6 Å². The number of hydrogen-bond donors (Lipinski definition) is 1. The number of imidazole rings is 1. The van der Waals surface area contributed by atoms with Gasteiger partial charge in [-0.05, 0) is 47.6 Å². The number of aromatic amines is 1. The Morgan fingerprint density at radius 2 is 1.67 bits per heavy atom. The van der Waals surface area contributed by atoms with Crippen molar-refractivity contribution in [3.8, 4) is 22.8 Å². The molecule has 1 aliphatic rings. The number of nitrogens with one attached hydrogen (secondary N) is 1. The molecule has 1 heterocycles. The lowest BCUT2D eigenvalue weighted by Crippen LogP contribution is -2.10. The average molecular weight is 486 g/mol. The van der Waals surface area contributed by atoms with E-state index in [1.165, 1.54) is 25.7 Å². The summed E-state index contributed by atoms with van der Waals surface area (Å²) in [6, 6.07) is 4.09. The molecule has 0 aliphatic heterocycles. The van der Waals surface area contributed by atoms with Crippen molar-refractivity contribution in [1.29, 1.82) is 0 Å². The Morgan fingerprint density at radius 1 is 1.00 bits per heavy atom. The summed E-state index contributed by atoms with van der Waals surface area (Å²) < 4.78 is 23.3. The van der Waals surface area contributed by atoms with Gasteiger partial charge in [-0.3, -0.25) is 0 Å². The molecule has 2 aromatic rings. The SMILES string of the molecule is COCCOc1c(I)ccc(-c2cnc(C3CCCC3)[nH]2)c1OCCOC. The molecule has 148 valence electrons. The topological polar surface area (TPSA) is 65.6 Å². The van der Waals surface area contributed by atoms with Crippen molar-refractivity contribution in [2.75, 3.05) is 40.6 Å². The van der Waals surface area contributed by atoms with Gasteiger partial charge in [0.15, 0.2) is 11.5 Å². The van der Waals surface area contributed by atoms with E-state index in [0.29, 0.717) is 32.3 Å². The molecule has 1 aromatic carbocycles. The number of H-pyrrole nitrogens is 1. The Kier molecular flexibility index (Phi) is 7.78. The summed E-state index contributed by atoms with van der Waals surface area (Å²) in [7, 11) is 3.33. The number of aromatic nitrogens is 2. The fourth-order valence-electron chi connectivity index (χ4n) is 3.36. The molecular weight excluding hydrogens is 459 g/mol. The molecule has 1 N–H and O–H groups in total. The summed E-state index contributed by atoms with van der Waals surface area (Å²) in [5.74, 6) is 3.07. The van der Waals surface area contributed by atoms with Crippen LogP contribution in [0.2, 0.25) is 0 Å². The third-order valence-corrected chi connectivity index (χ3v) is 5.61. The van der Waals surface area contributed by atoms with E-state index in [-0.39, 0.29) is 0 Å².